The van der Waals surface area contributed by atoms with Gasteiger partial charge in [-0.25, -0.2) is 9.55 Å². The van der Waals surface area contributed by atoms with Gasteiger partial charge in [-0.1, -0.05) is 0 Å². The highest BCUT2D eigenvalue weighted by atomic mass is 31.2. The van der Waals surface area contributed by atoms with Crippen LogP contribution in [0, 0.1) is 0 Å². The molecule has 33 heavy (non-hydrogen) atoms. The van der Waals surface area contributed by atoms with Crippen molar-refractivity contribution in [1.29, 1.82) is 0 Å². The third-order valence-corrected chi connectivity index (χ3v) is 5.24. The fraction of sp³-hybridized carbons (Fsp3) is 0.562. The summed E-state index contributed by atoms with van der Waals surface area (Å²) in [5.74, 6) is -1.72. The van der Waals surface area contributed by atoms with Crippen LogP contribution in [0.2, 0.25) is 0 Å². The van der Waals surface area contributed by atoms with Crippen LogP contribution in [0.1, 0.15) is 31.9 Å². The molecule has 2 aromatic rings. The molecule has 7 N–H and O–H groups in total. The number of ether oxygens (including phenoxy) is 1. The molecule has 182 valence electrons. The third-order valence-electron chi connectivity index (χ3n) is 4.75. The first-order valence-corrected chi connectivity index (χ1v) is 11.2. The zero-order chi connectivity index (χ0) is 24.3. The van der Waals surface area contributed by atoms with Crippen LogP contribution >= 0.6 is 7.82 Å². The number of nitrogens with zero attached hydrogens (tertiary/aromatic N) is 3. The lowest BCUT2D eigenvalue weighted by Gasteiger charge is -2.16. The van der Waals surface area contributed by atoms with E-state index < -0.39 is 56.4 Å². The van der Waals surface area contributed by atoms with E-state index in [4.69, 9.17) is 19.6 Å². The molecule has 1 aliphatic rings. The maximum atomic E-state index is 12.3. The molecule has 1 saturated heterocycles. The second-order valence-electron chi connectivity index (χ2n) is 7.22. The van der Waals surface area contributed by atoms with Crippen molar-refractivity contribution in [2.24, 2.45) is 0 Å². The van der Waals surface area contributed by atoms with Gasteiger partial charge in [-0.2, -0.15) is 4.98 Å². The van der Waals surface area contributed by atoms with E-state index >= 15 is 0 Å². The van der Waals surface area contributed by atoms with Crippen LogP contribution < -0.4 is 10.9 Å². The summed E-state index contributed by atoms with van der Waals surface area (Å²) in [5, 5.41) is 31.5. The number of hydrogen-bond donors (Lipinski definition) is 7. The van der Waals surface area contributed by atoms with Crippen molar-refractivity contribution in [2.45, 2.75) is 50.2 Å². The van der Waals surface area contributed by atoms with Gasteiger partial charge < -0.3 is 29.8 Å². The highest BCUT2D eigenvalue weighted by Crippen LogP contribution is 2.38. The smallest absolute Gasteiger partial charge is 0.469 e. The molecule has 0 bridgehead atoms. The largest absolute Gasteiger partial charge is 0.481 e. The number of aliphatic hydroxyl groups is 2. The Hall–Kier alpha value is -2.72. The molecule has 0 unspecified atom stereocenters. The van der Waals surface area contributed by atoms with Gasteiger partial charge in [0.1, 0.15) is 18.3 Å². The van der Waals surface area contributed by atoms with Crippen molar-refractivity contribution >= 4 is 36.8 Å². The summed E-state index contributed by atoms with van der Waals surface area (Å²) in [6.45, 7) is -0.719. The molecule has 16 nitrogen and oxygen atoms in total. The summed E-state index contributed by atoms with van der Waals surface area (Å²) in [5.41, 5.74) is -0.975. The summed E-state index contributed by atoms with van der Waals surface area (Å²) < 4.78 is 21.8. The van der Waals surface area contributed by atoms with Crippen LogP contribution in [0.25, 0.3) is 11.2 Å². The Morgan fingerprint density at radius 3 is 2.61 bits per heavy atom. The quantitative estimate of drug-likeness (QED) is 0.147. The second kappa shape index (κ2) is 10.0. The van der Waals surface area contributed by atoms with Crippen LogP contribution in [0.3, 0.4) is 0 Å². The molecule has 0 aliphatic carbocycles. The van der Waals surface area contributed by atoms with Gasteiger partial charge in [0.05, 0.1) is 12.9 Å². The number of carbonyl (C=O) groups is 2. The van der Waals surface area contributed by atoms with Crippen molar-refractivity contribution in [2.75, 3.05) is 11.9 Å². The Morgan fingerprint density at radius 2 is 1.94 bits per heavy atom. The van der Waals surface area contributed by atoms with E-state index in [1.54, 1.807) is 0 Å². The summed E-state index contributed by atoms with van der Waals surface area (Å²) >= 11 is 0. The Bertz CT molecular complexity index is 1130. The number of aromatic nitrogens is 4. The highest BCUT2D eigenvalue weighted by molar-refractivity contribution is 7.46. The van der Waals surface area contributed by atoms with Crippen LogP contribution in [-0.2, 0) is 23.4 Å². The minimum atomic E-state index is -4.84. The van der Waals surface area contributed by atoms with Gasteiger partial charge in [0.2, 0.25) is 11.9 Å². The molecule has 0 spiro atoms. The SMILES string of the molecule is O=C(O)CCCCC(=O)Nc1nc2c(ncn2[C@@H]2O[C@H](COP(=O)(O)O)[C@@H](O)[C@H]2O)c(=O)[nH]1. The lowest BCUT2D eigenvalue weighted by Crippen LogP contribution is -2.33. The number of H-pyrrole nitrogens is 1. The molecule has 0 saturated carbocycles. The van der Waals surface area contributed by atoms with Crippen molar-refractivity contribution < 1.29 is 48.5 Å². The number of phosphoric acid groups is 1. The van der Waals surface area contributed by atoms with E-state index in [9.17, 15) is 29.2 Å². The predicted octanol–water partition coefficient (Wildman–Crippen LogP) is -1.57. The third kappa shape index (κ3) is 6.20. The molecule has 4 atom stereocenters. The number of carboxylic acid groups (broad SMARTS) is 1. The first-order chi connectivity index (χ1) is 15.5. The number of phosphoric ester groups is 1. The normalized spacial score (nSPS) is 23.2. The van der Waals surface area contributed by atoms with E-state index in [-0.39, 0.29) is 30.0 Å². The summed E-state index contributed by atoms with van der Waals surface area (Å²) in [7, 11) is -4.84. The van der Waals surface area contributed by atoms with Crippen LogP contribution in [-0.4, -0.2) is 81.4 Å². The van der Waals surface area contributed by atoms with Gasteiger partial charge in [-0.05, 0) is 12.8 Å². The first kappa shape index (κ1) is 24.9. The molecule has 3 heterocycles. The van der Waals surface area contributed by atoms with Crippen molar-refractivity contribution in [1.82, 2.24) is 19.5 Å². The second-order valence-corrected chi connectivity index (χ2v) is 8.46. The molecular weight excluding hydrogens is 469 g/mol. The Morgan fingerprint density at radius 1 is 1.24 bits per heavy atom. The van der Waals surface area contributed by atoms with Crippen molar-refractivity contribution in [3.8, 4) is 0 Å². The number of amides is 1. The van der Waals surface area contributed by atoms with Crippen LogP contribution in [0.4, 0.5) is 5.95 Å². The zero-order valence-electron chi connectivity index (χ0n) is 16.9. The average Bonchev–Trinajstić information content (AvgIpc) is 3.25. The predicted molar refractivity (Wildman–Crippen MR) is 107 cm³/mol. The maximum absolute atomic E-state index is 12.3. The Labute approximate surface area is 184 Å². The number of imidazole rings is 1. The Kier molecular flexibility index (Phi) is 7.58. The monoisotopic (exact) mass is 491 g/mol. The summed E-state index contributed by atoms with van der Waals surface area (Å²) in [6.07, 6.45) is -4.17. The minimum Gasteiger partial charge on any atom is -0.481 e. The van der Waals surface area contributed by atoms with Gasteiger partial charge in [0.15, 0.2) is 17.4 Å². The topological polar surface area (TPSA) is 246 Å². The number of rotatable bonds is 10. The Balaban J connectivity index is 1.76. The molecule has 1 fully saturated rings. The molecule has 2 aromatic heterocycles. The van der Waals surface area contributed by atoms with Gasteiger partial charge >= 0.3 is 13.8 Å². The van der Waals surface area contributed by atoms with E-state index in [2.05, 4.69) is 24.8 Å². The number of carbonyl (C=O) groups excluding carboxylic acids is 1. The average molecular weight is 491 g/mol. The van der Waals surface area contributed by atoms with E-state index in [1.165, 1.54) is 0 Å². The summed E-state index contributed by atoms with van der Waals surface area (Å²) in [4.78, 5) is 62.8. The van der Waals surface area contributed by atoms with Crippen molar-refractivity contribution in [3.63, 3.8) is 0 Å². The fourth-order valence-corrected chi connectivity index (χ4v) is 3.54. The highest BCUT2D eigenvalue weighted by Gasteiger charge is 2.45. The number of anilines is 1. The van der Waals surface area contributed by atoms with Gasteiger partial charge in [-0.15, -0.1) is 0 Å². The molecule has 0 aromatic carbocycles. The van der Waals surface area contributed by atoms with E-state index in [0.29, 0.717) is 12.8 Å². The van der Waals surface area contributed by atoms with Crippen LogP contribution in [0.15, 0.2) is 11.1 Å². The first-order valence-electron chi connectivity index (χ1n) is 9.66. The number of aromatic amines is 1. The fourth-order valence-electron chi connectivity index (χ4n) is 3.20. The number of hydrogen-bond acceptors (Lipinski definition) is 10. The molecule has 0 radical (unpaired) electrons. The van der Waals surface area contributed by atoms with E-state index in [0.717, 1.165) is 10.9 Å². The molecule has 1 aliphatic heterocycles. The number of fused-ring (bicyclic) bond motifs is 1. The summed E-state index contributed by atoms with van der Waals surface area (Å²) in [6, 6.07) is 0. The molecule has 1 amide bonds. The maximum Gasteiger partial charge on any atom is 0.469 e. The molecular formula is C16H22N5O11P. The number of aliphatic carboxylic acids is 1. The van der Waals surface area contributed by atoms with Crippen molar-refractivity contribution in [3.05, 3.63) is 16.7 Å². The minimum absolute atomic E-state index is 0.00776. The number of carboxylic acids is 1. The number of aliphatic hydroxyl groups excluding tert-OH is 2. The lowest BCUT2D eigenvalue weighted by atomic mass is 10.1. The molecule has 3 rings (SSSR count). The zero-order valence-corrected chi connectivity index (χ0v) is 17.8. The van der Waals surface area contributed by atoms with Gasteiger partial charge in [0, 0.05) is 12.8 Å². The number of unbranched alkanes of at least 4 members (excludes halogenated alkanes) is 1. The molecule has 17 heteroatoms. The number of nitrogens with one attached hydrogen (secondary N) is 2. The van der Waals surface area contributed by atoms with Crippen LogP contribution in [0.5, 0.6) is 0 Å². The van der Waals surface area contributed by atoms with E-state index in [1.807, 2.05) is 0 Å². The lowest BCUT2D eigenvalue weighted by molar-refractivity contribution is -0.137. The van der Waals surface area contributed by atoms with Gasteiger partial charge in [0.25, 0.3) is 5.56 Å². The van der Waals surface area contributed by atoms with Gasteiger partial charge in [-0.3, -0.25) is 33.8 Å². The standard InChI is InChI=1S/C16H22N5O11P/c22-8(3-1-2-4-9(23)24)18-16-19-13-10(14(27)20-16)17-6-21(13)15-12(26)11(25)7(32-15)5-31-33(28,29)30/h6-7,11-12,15,25-26H,1-5H2,(H,23,24)(H2,28,29,30)(H2,18,19,20,22,27)/t7-,11-,12-,15-/m1/s1.